The Bertz CT molecular complexity index is 766. The van der Waals surface area contributed by atoms with Crippen LogP contribution in [0.2, 0.25) is 0 Å². The Morgan fingerprint density at radius 3 is 2.58 bits per heavy atom. The van der Waals surface area contributed by atoms with E-state index in [-0.39, 0.29) is 17.0 Å². The maximum absolute atomic E-state index is 13.1. The van der Waals surface area contributed by atoms with Gasteiger partial charge in [-0.25, -0.2) is 0 Å². The maximum Gasteiger partial charge on any atom is 0.293 e. The molecule has 2 aliphatic carbocycles. The Morgan fingerprint density at radius 2 is 2.04 bits per heavy atom. The molecule has 2 fully saturated rings. The van der Waals surface area contributed by atoms with Crippen LogP contribution in [0, 0.1) is 40.7 Å². The van der Waals surface area contributed by atoms with Crippen LogP contribution < -0.4 is 5.32 Å². The molecule has 3 rings (SSSR count). The minimum absolute atomic E-state index is 0.0466. The van der Waals surface area contributed by atoms with E-state index < -0.39 is 10.3 Å². The Balaban J connectivity index is 1.97. The minimum atomic E-state index is -0.584. The molecule has 0 spiro atoms. The fourth-order valence-electron chi connectivity index (χ4n) is 4.63. The predicted molar refractivity (Wildman–Crippen MR) is 93.9 cm³/mol. The molecule has 0 radical (unpaired) electrons. The van der Waals surface area contributed by atoms with E-state index in [0.717, 1.165) is 30.4 Å². The summed E-state index contributed by atoms with van der Waals surface area (Å²) < 4.78 is 0. The van der Waals surface area contributed by atoms with Crippen molar-refractivity contribution in [1.29, 1.82) is 0 Å². The first kappa shape index (κ1) is 16.7. The van der Waals surface area contributed by atoms with Crippen molar-refractivity contribution in [3.05, 3.63) is 45.5 Å². The van der Waals surface area contributed by atoms with Gasteiger partial charge in [-0.3, -0.25) is 14.9 Å². The third-order valence-electron chi connectivity index (χ3n) is 6.22. The molecule has 1 N–H and O–H groups in total. The number of nitrogens with zero attached hydrogens (tertiary/aromatic N) is 1. The number of carbonyl (C=O) groups excluding carboxylic acids is 1. The van der Waals surface area contributed by atoms with Gasteiger partial charge in [-0.1, -0.05) is 32.1 Å². The third kappa shape index (κ3) is 2.18. The Labute approximate surface area is 142 Å². The summed E-state index contributed by atoms with van der Waals surface area (Å²) >= 11 is 0. The number of nitrogens with one attached hydrogen (secondary N) is 1. The molecule has 24 heavy (non-hydrogen) atoms. The first-order chi connectivity index (χ1) is 11.1. The first-order valence-electron chi connectivity index (χ1n) is 8.36. The van der Waals surface area contributed by atoms with E-state index in [1.54, 1.807) is 6.92 Å². The molecule has 0 saturated heterocycles. The number of hydrogen-bond acceptors (Lipinski definition) is 3. The summed E-state index contributed by atoms with van der Waals surface area (Å²) in [6, 6.07) is 3.36. The molecule has 0 heterocycles. The largest absolute Gasteiger partial charge is 0.319 e. The number of rotatable bonds is 3. The highest BCUT2D eigenvalue weighted by molar-refractivity contribution is 6.00. The van der Waals surface area contributed by atoms with Crippen molar-refractivity contribution >= 4 is 17.3 Å². The monoisotopic (exact) mass is 328 g/mol. The van der Waals surface area contributed by atoms with Gasteiger partial charge in [0.05, 0.1) is 10.3 Å². The van der Waals surface area contributed by atoms with Crippen LogP contribution in [-0.2, 0) is 4.79 Å². The summed E-state index contributed by atoms with van der Waals surface area (Å²) in [4.78, 5) is 24.1. The number of fused-ring (bicyclic) bond motifs is 2. The number of nitro groups is 1. The highest BCUT2D eigenvalue weighted by Crippen LogP contribution is 2.65. The van der Waals surface area contributed by atoms with Crippen molar-refractivity contribution in [2.24, 2.45) is 16.7 Å². The molecule has 1 aromatic carbocycles. The van der Waals surface area contributed by atoms with E-state index in [0.29, 0.717) is 17.2 Å². The van der Waals surface area contributed by atoms with Crippen molar-refractivity contribution in [2.45, 2.75) is 47.0 Å². The quantitative estimate of drug-likeness (QED) is 0.503. The molecule has 1 aromatic rings. The maximum atomic E-state index is 13.1. The van der Waals surface area contributed by atoms with Gasteiger partial charge in [0.15, 0.2) is 0 Å². The van der Waals surface area contributed by atoms with Crippen molar-refractivity contribution in [2.75, 3.05) is 5.32 Å². The summed E-state index contributed by atoms with van der Waals surface area (Å²) in [7, 11) is 0. The predicted octanol–water partition coefficient (Wildman–Crippen LogP) is 4.53. The lowest BCUT2D eigenvalue weighted by atomic mass is 9.68. The summed E-state index contributed by atoms with van der Waals surface area (Å²) in [5, 5.41) is 14.3. The number of benzene rings is 1. The first-order valence-corrected chi connectivity index (χ1v) is 8.36. The number of hydrogen-bond donors (Lipinski definition) is 1. The molecule has 2 bridgehead atoms. The zero-order valence-corrected chi connectivity index (χ0v) is 14.7. The summed E-state index contributed by atoms with van der Waals surface area (Å²) in [5.41, 5.74) is 2.12. The SMILES string of the molecule is C=C1C2(C(=O)Nc3c(C)cc(C)cc3[N+](=O)[O-])CCC(C2)C1(C)C. The van der Waals surface area contributed by atoms with Gasteiger partial charge in [-0.15, -0.1) is 0 Å². The summed E-state index contributed by atoms with van der Waals surface area (Å²) in [6.45, 7) is 12.1. The van der Waals surface area contributed by atoms with Gasteiger partial charge in [0, 0.05) is 6.07 Å². The fraction of sp³-hybridized carbons (Fsp3) is 0.526. The lowest BCUT2D eigenvalue weighted by Gasteiger charge is -2.37. The topological polar surface area (TPSA) is 72.2 Å². The molecule has 2 aliphatic rings. The summed E-state index contributed by atoms with van der Waals surface area (Å²) in [5.74, 6) is 0.320. The lowest BCUT2D eigenvalue weighted by molar-refractivity contribution is -0.384. The molecule has 5 nitrogen and oxygen atoms in total. The van der Waals surface area contributed by atoms with Gasteiger partial charge < -0.3 is 5.32 Å². The molecule has 2 unspecified atom stereocenters. The molecule has 2 saturated carbocycles. The highest BCUT2D eigenvalue weighted by atomic mass is 16.6. The summed E-state index contributed by atoms with van der Waals surface area (Å²) in [6.07, 6.45) is 2.59. The standard InChI is InChI=1S/C19H24N2O3/c1-11-8-12(2)16(15(9-11)21(23)24)20-17(22)19-7-6-14(10-19)18(4,5)13(19)3/h8-9,14H,3,6-7,10H2,1-2,4-5H3,(H,20,22). The van der Waals surface area contributed by atoms with Crippen LogP contribution in [0.5, 0.6) is 0 Å². The zero-order chi connectivity index (χ0) is 17.9. The van der Waals surface area contributed by atoms with Gasteiger partial charge >= 0.3 is 0 Å². The van der Waals surface area contributed by atoms with Crippen molar-refractivity contribution in [1.82, 2.24) is 0 Å². The third-order valence-corrected chi connectivity index (χ3v) is 6.22. The minimum Gasteiger partial charge on any atom is -0.319 e. The van der Waals surface area contributed by atoms with Crippen LogP contribution in [0.3, 0.4) is 0 Å². The van der Waals surface area contributed by atoms with E-state index >= 15 is 0 Å². The normalized spacial score (nSPS) is 27.3. The molecule has 0 aromatic heterocycles. The average molecular weight is 328 g/mol. The average Bonchev–Trinajstić information content (AvgIpc) is 3.01. The van der Waals surface area contributed by atoms with E-state index in [2.05, 4.69) is 25.7 Å². The van der Waals surface area contributed by atoms with Gasteiger partial charge in [-0.05, 0) is 55.6 Å². The molecular weight excluding hydrogens is 304 g/mol. The van der Waals surface area contributed by atoms with Gasteiger partial charge in [-0.2, -0.15) is 0 Å². The molecule has 128 valence electrons. The number of amides is 1. The Kier molecular flexibility index (Phi) is 3.59. The van der Waals surface area contributed by atoms with Crippen molar-refractivity contribution in [3.63, 3.8) is 0 Å². The van der Waals surface area contributed by atoms with Gasteiger partial charge in [0.25, 0.3) is 5.69 Å². The molecule has 1 amide bonds. The van der Waals surface area contributed by atoms with Gasteiger partial charge in [0.2, 0.25) is 5.91 Å². The van der Waals surface area contributed by atoms with Crippen LogP contribution >= 0.6 is 0 Å². The van der Waals surface area contributed by atoms with Gasteiger partial charge in [0.1, 0.15) is 5.69 Å². The Hall–Kier alpha value is -2.17. The van der Waals surface area contributed by atoms with Crippen LogP contribution in [0.4, 0.5) is 11.4 Å². The van der Waals surface area contributed by atoms with E-state index in [4.69, 9.17) is 0 Å². The smallest absolute Gasteiger partial charge is 0.293 e. The van der Waals surface area contributed by atoms with Crippen LogP contribution in [-0.4, -0.2) is 10.8 Å². The molecular formula is C19H24N2O3. The van der Waals surface area contributed by atoms with Crippen molar-refractivity contribution < 1.29 is 9.72 Å². The Morgan fingerprint density at radius 1 is 1.38 bits per heavy atom. The zero-order valence-electron chi connectivity index (χ0n) is 14.7. The van der Waals surface area contributed by atoms with Crippen LogP contribution in [0.25, 0.3) is 0 Å². The van der Waals surface area contributed by atoms with E-state index in [1.165, 1.54) is 6.07 Å². The second-order valence-corrected chi connectivity index (χ2v) is 7.91. The second kappa shape index (κ2) is 5.16. The van der Waals surface area contributed by atoms with Crippen LogP contribution in [0.15, 0.2) is 24.3 Å². The number of aryl methyl sites for hydroxylation is 2. The van der Waals surface area contributed by atoms with E-state index in [1.807, 2.05) is 13.0 Å². The number of anilines is 1. The molecule has 2 atom stereocenters. The van der Waals surface area contributed by atoms with E-state index in [9.17, 15) is 14.9 Å². The van der Waals surface area contributed by atoms with Crippen molar-refractivity contribution in [3.8, 4) is 0 Å². The second-order valence-electron chi connectivity index (χ2n) is 7.91. The molecule has 0 aliphatic heterocycles. The molecule has 5 heteroatoms. The number of carbonyl (C=O) groups is 1. The highest BCUT2D eigenvalue weighted by Gasteiger charge is 2.61. The van der Waals surface area contributed by atoms with Crippen LogP contribution in [0.1, 0.15) is 44.2 Å². The number of nitro benzene ring substituents is 1. The lowest BCUT2D eigenvalue weighted by Crippen LogP contribution is -2.37. The fourth-order valence-corrected chi connectivity index (χ4v) is 4.63.